The van der Waals surface area contributed by atoms with Crippen molar-refractivity contribution >= 4 is 5.57 Å². The number of hydrogen-bond donors (Lipinski definition) is 0. The zero-order chi connectivity index (χ0) is 12.3. The number of allylic oxidation sites excluding steroid dienone is 4. The van der Waals surface area contributed by atoms with Crippen LogP contribution in [0.25, 0.3) is 5.57 Å². The first-order valence-electron chi connectivity index (χ1n) is 5.54. The number of benzene rings is 1. The van der Waals surface area contributed by atoms with Crippen molar-refractivity contribution in [1.29, 1.82) is 0 Å². The topological polar surface area (TPSA) is 0 Å². The zero-order valence-corrected chi connectivity index (χ0v) is 10.7. The summed E-state index contributed by atoms with van der Waals surface area (Å²) in [6.45, 7) is 16.3. The summed E-state index contributed by atoms with van der Waals surface area (Å²) >= 11 is 0. The maximum atomic E-state index is 4.06. The van der Waals surface area contributed by atoms with E-state index in [2.05, 4.69) is 52.1 Å². The SMILES string of the molecule is C=C/C(C)=C(\C(=C)C)c1ccc(C)cc1C. The fourth-order valence-electron chi connectivity index (χ4n) is 1.98. The molecule has 0 saturated heterocycles. The molecule has 0 amide bonds. The van der Waals surface area contributed by atoms with Crippen LogP contribution in [0.3, 0.4) is 0 Å². The highest BCUT2D eigenvalue weighted by atomic mass is 14.1. The Balaban J connectivity index is 3.45. The van der Waals surface area contributed by atoms with Crippen LogP contribution in [0.15, 0.2) is 48.6 Å². The van der Waals surface area contributed by atoms with Gasteiger partial charge in [-0.2, -0.15) is 0 Å². The molecule has 0 fully saturated rings. The first-order valence-corrected chi connectivity index (χ1v) is 5.54. The smallest absolute Gasteiger partial charge is 0.0129 e. The van der Waals surface area contributed by atoms with Gasteiger partial charge in [0.1, 0.15) is 0 Å². The molecule has 0 aromatic heterocycles. The summed E-state index contributed by atoms with van der Waals surface area (Å²) in [5, 5.41) is 0. The Morgan fingerprint density at radius 3 is 2.25 bits per heavy atom. The standard InChI is InChI=1S/C16H20/c1-7-13(5)16(11(2)3)15-9-8-12(4)10-14(15)6/h7-10H,1-2H2,3-6H3/b16-13+. The van der Waals surface area contributed by atoms with E-state index in [0.717, 1.165) is 5.57 Å². The highest BCUT2D eigenvalue weighted by molar-refractivity contribution is 5.83. The van der Waals surface area contributed by atoms with Crippen molar-refractivity contribution in [3.8, 4) is 0 Å². The van der Waals surface area contributed by atoms with Crippen LogP contribution in [-0.4, -0.2) is 0 Å². The Labute approximate surface area is 99.0 Å². The summed E-state index contributed by atoms with van der Waals surface area (Å²) in [7, 11) is 0. The summed E-state index contributed by atoms with van der Waals surface area (Å²) in [4.78, 5) is 0. The van der Waals surface area contributed by atoms with Crippen LogP contribution in [0.1, 0.15) is 30.5 Å². The monoisotopic (exact) mass is 212 g/mol. The third-order valence-corrected chi connectivity index (χ3v) is 2.78. The molecule has 0 radical (unpaired) electrons. The summed E-state index contributed by atoms with van der Waals surface area (Å²) in [6, 6.07) is 6.51. The van der Waals surface area contributed by atoms with Crippen molar-refractivity contribution in [3.63, 3.8) is 0 Å². The first kappa shape index (κ1) is 12.5. The molecule has 16 heavy (non-hydrogen) atoms. The second kappa shape index (κ2) is 4.98. The van der Waals surface area contributed by atoms with Crippen molar-refractivity contribution in [3.05, 3.63) is 65.3 Å². The first-order chi connectivity index (χ1) is 7.47. The van der Waals surface area contributed by atoms with Crippen LogP contribution in [0.2, 0.25) is 0 Å². The predicted molar refractivity (Wildman–Crippen MR) is 73.5 cm³/mol. The number of rotatable bonds is 3. The minimum absolute atomic E-state index is 1.09. The lowest BCUT2D eigenvalue weighted by molar-refractivity contribution is 1.33. The second-order valence-electron chi connectivity index (χ2n) is 4.36. The maximum absolute atomic E-state index is 4.06. The van der Waals surface area contributed by atoms with Gasteiger partial charge in [0.2, 0.25) is 0 Å². The van der Waals surface area contributed by atoms with E-state index in [0.29, 0.717) is 0 Å². The van der Waals surface area contributed by atoms with Gasteiger partial charge in [-0.15, -0.1) is 0 Å². The van der Waals surface area contributed by atoms with Crippen LogP contribution in [0.4, 0.5) is 0 Å². The molecule has 84 valence electrons. The molecule has 1 rings (SSSR count). The zero-order valence-electron chi connectivity index (χ0n) is 10.7. The quantitative estimate of drug-likeness (QED) is 0.629. The van der Waals surface area contributed by atoms with E-state index in [4.69, 9.17) is 0 Å². The summed E-state index contributed by atoms with van der Waals surface area (Å²) in [5.41, 5.74) is 7.32. The normalized spacial score (nSPS) is 12.0. The molecule has 0 aliphatic rings. The van der Waals surface area contributed by atoms with Gasteiger partial charge in [-0.1, -0.05) is 48.6 Å². The van der Waals surface area contributed by atoms with Crippen molar-refractivity contribution in [2.45, 2.75) is 27.7 Å². The fraction of sp³-hybridized carbons (Fsp3) is 0.250. The Morgan fingerprint density at radius 2 is 1.81 bits per heavy atom. The highest BCUT2D eigenvalue weighted by Gasteiger charge is 2.08. The van der Waals surface area contributed by atoms with Crippen molar-refractivity contribution in [2.24, 2.45) is 0 Å². The molecule has 0 saturated carbocycles. The summed E-state index contributed by atoms with van der Waals surface area (Å²) in [6.07, 6.45) is 1.89. The van der Waals surface area contributed by atoms with Crippen LogP contribution in [0.5, 0.6) is 0 Å². The minimum atomic E-state index is 1.09. The largest absolute Gasteiger partial charge is 0.0988 e. The van der Waals surface area contributed by atoms with Gasteiger partial charge in [-0.3, -0.25) is 0 Å². The van der Waals surface area contributed by atoms with Crippen molar-refractivity contribution < 1.29 is 0 Å². The van der Waals surface area contributed by atoms with Gasteiger partial charge < -0.3 is 0 Å². The molecule has 0 N–H and O–H groups in total. The Kier molecular flexibility index (Phi) is 3.89. The van der Waals surface area contributed by atoms with Gasteiger partial charge in [-0.05, 0) is 50.0 Å². The van der Waals surface area contributed by atoms with Gasteiger partial charge in [0.15, 0.2) is 0 Å². The van der Waals surface area contributed by atoms with E-state index in [-0.39, 0.29) is 0 Å². The molecule has 1 aromatic carbocycles. The molecular formula is C16H20. The maximum Gasteiger partial charge on any atom is -0.0129 e. The molecule has 0 aliphatic carbocycles. The lowest BCUT2D eigenvalue weighted by atomic mass is 9.91. The Morgan fingerprint density at radius 1 is 1.19 bits per heavy atom. The lowest BCUT2D eigenvalue weighted by Gasteiger charge is -2.14. The highest BCUT2D eigenvalue weighted by Crippen LogP contribution is 2.28. The molecule has 0 heteroatoms. The van der Waals surface area contributed by atoms with Crippen LogP contribution < -0.4 is 0 Å². The molecular weight excluding hydrogens is 192 g/mol. The van der Waals surface area contributed by atoms with E-state index in [1.54, 1.807) is 0 Å². The van der Waals surface area contributed by atoms with E-state index >= 15 is 0 Å². The van der Waals surface area contributed by atoms with Gasteiger partial charge >= 0.3 is 0 Å². The third kappa shape index (κ3) is 2.52. The molecule has 0 bridgehead atoms. The minimum Gasteiger partial charge on any atom is -0.0988 e. The average molecular weight is 212 g/mol. The molecule has 0 aliphatic heterocycles. The second-order valence-corrected chi connectivity index (χ2v) is 4.36. The van der Waals surface area contributed by atoms with E-state index < -0.39 is 0 Å². The Bertz CT molecular complexity index is 459. The molecule has 0 atom stereocenters. The molecule has 0 unspecified atom stereocenters. The van der Waals surface area contributed by atoms with Crippen LogP contribution in [0, 0.1) is 13.8 Å². The van der Waals surface area contributed by atoms with Crippen LogP contribution >= 0.6 is 0 Å². The lowest BCUT2D eigenvalue weighted by Crippen LogP contribution is -1.93. The summed E-state index contributed by atoms with van der Waals surface area (Å²) < 4.78 is 0. The van der Waals surface area contributed by atoms with Gasteiger partial charge in [0.25, 0.3) is 0 Å². The van der Waals surface area contributed by atoms with E-state index in [1.807, 2.05) is 13.0 Å². The Hall–Kier alpha value is -1.56. The molecule has 0 spiro atoms. The third-order valence-electron chi connectivity index (χ3n) is 2.78. The van der Waals surface area contributed by atoms with E-state index in [1.165, 1.54) is 27.8 Å². The molecule has 0 nitrogen and oxygen atoms in total. The van der Waals surface area contributed by atoms with Gasteiger partial charge in [-0.25, -0.2) is 0 Å². The summed E-state index contributed by atoms with van der Waals surface area (Å²) in [5.74, 6) is 0. The fourth-order valence-corrected chi connectivity index (χ4v) is 1.98. The van der Waals surface area contributed by atoms with Crippen molar-refractivity contribution in [1.82, 2.24) is 0 Å². The van der Waals surface area contributed by atoms with Crippen molar-refractivity contribution in [2.75, 3.05) is 0 Å². The number of hydrogen-bond acceptors (Lipinski definition) is 0. The van der Waals surface area contributed by atoms with Crippen LogP contribution in [-0.2, 0) is 0 Å². The van der Waals surface area contributed by atoms with Gasteiger partial charge in [0, 0.05) is 0 Å². The molecule has 1 aromatic rings. The predicted octanol–water partition coefficient (Wildman–Crippen LogP) is 4.84. The number of aryl methyl sites for hydroxylation is 2. The van der Waals surface area contributed by atoms with Gasteiger partial charge in [0.05, 0.1) is 0 Å². The van der Waals surface area contributed by atoms with E-state index in [9.17, 15) is 0 Å². The molecule has 0 heterocycles. The average Bonchev–Trinajstić information content (AvgIpc) is 2.21.